The second kappa shape index (κ2) is 7.51. The molecule has 148 valence electrons. The number of carbonyl (C=O) groups is 1. The van der Waals surface area contributed by atoms with E-state index in [1.165, 1.54) is 21.0 Å². The fraction of sp³-hybridized carbons (Fsp3) is 0.316. The number of nitrogens with zero attached hydrogens (tertiary/aromatic N) is 2. The molecule has 0 radical (unpaired) electrons. The molecule has 0 bridgehead atoms. The van der Waals surface area contributed by atoms with Crippen LogP contribution in [0.4, 0.5) is 0 Å². The maximum Gasteiger partial charge on any atom is 0.298 e. The Hall–Kier alpha value is -2.46. The van der Waals surface area contributed by atoms with Gasteiger partial charge in [-0.3, -0.25) is 9.36 Å². The number of para-hydroxylation sites is 1. The standard InChI is InChI=1S/C19H21N3O5S/c20-8-7-14-13-22(16-4-2-1-3-15(14)16)19(23)17-5-6-18(27-17)28(24,25)21-9-11-26-12-10-21/h1-6,13H,7-12,20H2. The third-order valence-corrected chi connectivity index (χ3v) is 6.56. The summed E-state index contributed by atoms with van der Waals surface area (Å²) in [6, 6.07) is 10.2. The molecule has 28 heavy (non-hydrogen) atoms. The number of morpholine rings is 1. The maximum absolute atomic E-state index is 13.0. The van der Waals surface area contributed by atoms with Gasteiger partial charge in [-0.05, 0) is 36.7 Å². The minimum absolute atomic E-state index is 0.0353. The van der Waals surface area contributed by atoms with E-state index in [1.54, 1.807) is 6.20 Å². The molecule has 9 heteroatoms. The van der Waals surface area contributed by atoms with E-state index in [2.05, 4.69) is 0 Å². The number of hydrogen-bond donors (Lipinski definition) is 1. The minimum Gasteiger partial charge on any atom is -0.438 e. The third kappa shape index (κ3) is 3.26. The average Bonchev–Trinajstić information content (AvgIpc) is 3.35. The van der Waals surface area contributed by atoms with Gasteiger partial charge in [-0.25, -0.2) is 8.42 Å². The molecule has 3 heterocycles. The van der Waals surface area contributed by atoms with Gasteiger partial charge in [0.2, 0.25) is 5.09 Å². The number of carbonyl (C=O) groups excluding carboxylic acids is 1. The normalized spacial score (nSPS) is 15.9. The Kier molecular flexibility index (Phi) is 5.07. The van der Waals surface area contributed by atoms with Crippen molar-refractivity contribution in [2.75, 3.05) is 32.8 Å². The van der Waals surface area contributed by atoms with Crippen molar-refractivity contribution in [3.8, 4) is 0 Å². The van der Waals surface area contributed by atoms with Gasteiger partial charge in [-0.1, -0.05) is 18.2 Å². The van der Waals surface area contributed by atoms with Crippen LogP contribution in [0, 0.1) is 0 Å². The number of fused-ring (bicyclic) bond motifs is 1. The topological polar surface area (TPSA) is 108 Å². The maximum atomic E-state index is 13.0. The van der Waals surface area contributed by atoms with Gasteiger partial charge in [0.05, 0.1) is 18.7 Å². The third-order valence-electron chi connectivity index (χ3n) is 4.78. The van der Waals surface area contributed by atoms with E-state index in [0.29, 0.717) is 26.2 Å². The molecule has 1 aliphatic rings. The molecule has 1 aliphatic heterocycles. The van der Waals surface area contributed by atoms with Crippen LogP contribution < -0.4 is 5.73 Å². The van der Waals surface area contributed by atoms with Crippen molar-refractivity contribution in [2.24, 2.45) is 5.73 Å². The molecule has 0 amide bonds. The smallest absolute Gasteiger partial charge is 0.298 e. The van der Waals surface area contributed by atoms with E-state index < -0.39 is 15.9 Å². The minimum atomic E-state index is -3.79. The highest BCUT2D eigenvalue weighted by atomic mass is 32.2. The van der Waals surface area contributed by atoms with Gasteiger partial charge in [0.25, 0.3) is 15.9 Å². The molecular weight excluding hydrogens is 382 g/mol. The lowest BCUT2D eigenvalue weighted by molar-refractivity contribution is 0.0722. The number of furan rings is 1. The van der Waals surface area contributed by atoms with E-state index in [4.69, 9.17) is 14.9 Å². The number of nitrogens with two attached hydrogens (primary N) is 1. The Labute approximate surface area is 162 Å². The predicted molar refractivity (Wildman–Crippen MR) is 103 cm³/mol. The monoisotopic (exact) mass is 403 g/mol. The molecule has 1 aromatic carbocycles. The molecular formula is C19H21N3O5S. The van der Waals surface area contributed by atoms with E-state index in [9.17, 15) is 13.2 Å². The van der Waals surface area contributed by atoms with Gasteiger partial charge in [-0.2, -0.15) is 4.31 Å². The van der Waals surface area contributed by atoms with E-state index in [-0.39, 0.29) is 23.9 Å². The molecule has 2 aromatic heterocycles. The highest BCUT2D eigenvalue weighted by Crippen LogP contribution is 2.25. The van der Waals surface area contributed by atoms with Crippen LogP contribution in [0.2, 0.25) is 0 Å². The first-order valence-electron chi connectivity index (χ1n) is 9.04. The lowest BCUT2D eigenvalue weighted by Crippen LogP contribution is -2.40. The van der Waals surface area contributed by atoms with Crippen molar-refractivity contribution in [3.05, 3.63) is 53.9 Å². The highest BCUT2D eigenvalue weighted by Gasteiger charge is 2.30. The Morgan fingerprint density at radius 1 is 1.11 bits per heavy atom. The van der Waals surface area contributed by atoms with Crippen LogP contribution in [0.3, 0.4) is 0 Å². The van der Waals surface area contributed by atoms with Crippen LogP contribution in [-0.4, -0.2) is 56.0 Å². The molecule has 2 N–H and O–H groups in total. The summed E-state index contributed by atoms with van der Waals surface area (Å²) < 4.78 is 38.9. The molecule has 3 aromatic rings. The molecule has 0 unspecified atom stereocenters. The van der Waals surface area contributed by atoms with Crippen LogP contribution in [-0.2, 0) is 21.2 Å². The van der Waals surface area contributed by atoms with Crippen LogP contribution in [0.25, 0.3) is 10.9 Å². The van der Waals surface area contributed by atoms with Crippen molar-refractivity contribution in [1.82, 2.24) is 8.87 Å². The van der Waals surface area contributed by atoms with Crippen molar-refractivity contribution in [3.63, 3.8) is 0 Å². The fourth-order valence-electron chi connectivity index (χ4n) is 3.38. The Morgan fingerprint density at radius 3 is 2.61 bits per heavy atom. The zero-order valence-corrected chi connectivity index (χ0v) is 16.0. The summed E-state index contributed by atoms with van der Waals surface area (Å²) >= 11 is 0. The molecule has 1 saturated heterocycles. The van der Waals surface area contributed by atoms with Gasteiger partial charge in [0.1, 0.15) is 0 Å². The zero-order chi connectivity index (χ0) is 19.7. The molecule has 4 rings (SSSR count). The number of ether oxygens (including phenoxy) is 1. The number of benzene rings is 1. The van der Waals surface area contributed by atoms with Gasteiger partial charge in [-0.15, -0.1) is 0 Å². The SMILES string of the molecule is NCCc1cn(C(=O)c2ccc(S(=O)(=O)N3CCOCC3)o2)c2ccccc12. The molecule has 0 atom stereocenters. The van der Waals surface area contributed by atoms with Gasteiger partial charge in [0.15, 0.2) is 5.76 Å². The highest BCUT2D eigenvalue weighted by molar-refractivity contribution is 7.89. The Morgan fingerprint density at radius 2 is 1.86 bits per heavy atom. The molecule has 0 saturated carbocycles. The summed E-state index contributed by atoms with van der Waals surface area (Å²) in [5.41, 5.74) is 7.36. The van der Waals surface area contributed by atoms with Crippen LogP contribution in [0.5, 0.6) is 0 Å². The zero-order valence-electron chi connectivity index (χ0n) is 15.2. The lowest BCUT2D eigenvalue weighted by Gasteiger charge is -2.24. The second-order valence-corrected chi connectivity index (χ2v) is 8.39. The van der Waals surface area contributed by atoms with Crippen LogP contribution in [0.15, 0.2) is 52.1 Å². The van der Waals surface area contributed by atoms with Crippen molar-refractivity contribution < 1.29 is 22.4 Å². The first-order valence-corrected chi connectivity index (χ1v) is 10.5. The van der Waals surface area contributed by atoms with Crippen molar-refractivity contribution in [2.45, 2.75) is 11.5 Å². The van der Waals surface area contributed by atoms with Crippen molar-refractivity contribution in [1.29, 1.82) is 0 Å². The Bertz CT molecular complexity index is 1110. The van der Waals surface area contributed by atoms with E-state index in [1.807, 2.05) is 24.3 Å². The summed E-state index contributed by atoms with van der Waals surface area (Å²) in [4.78, 5) is 13.0. The lowest BCUT2D eigenvalue weighted by atomic mass is 10.1. The number of hydrogen-bond acceptors (Lipinski definition) is 6. The van der Waals surface area contributed by atoms with E-state index >= 15 is 0 Å². The van der Waals surface area contributed by atoms with Gasteiger partial charge < -0.3 is 14.9 Å². The quantitative estimate of drug-likeness (QED) is 0.691. The summed E-state index contributed by atoms with van der Waals surface area (Å²) in [5, 5.41) is 0.699. The largest absolute Gasteiger partial charge is 0.438 e. The first-order chi connectivity index (χ1) is 13.5. The van der Waals surface area contributed by atoms with Gasteiger partial charge in [0, 0.05) is 24.7 Å². The average molecular weight is 403 g/mol. The predicted octanol–water partition coefficient (Wildman–Crippen LogP) is 1.44. The van der Waals surface area contributed by atoms with Crippen molar-refractivity contribution >= 4 is 26.8 Å². The van der Waals surface area contributed by atoms with Crippen LogP contribution >= 0.6 is 0 Å². The first kappa shape index (κ1) is 18.9. The summed E-state index contributed by atoms with van der Waals surface area (Å²) in [5.74, 6) is -0.463. The van der Waals surface area contributed by atoms with Crippen LogP contribution in [0.1, 0.15) is 16.1 Å². The molecule has 8 nitrogen and oxygen atoms in total. The molecule has 0 aliphatic carbocycles. The molecule has 1 fully saturated rings. The summed E-state index contributed by atoms with van der Waals surface area (Å²) in [7, 11) is -3.79. The van der Waals surface area contributed by atoms with Gasteiger partial charge >= 0.3 is 0 Å². The van der Waals surface area contributed by atoms with E-state index in [0.717, 1.165) is 16.5 Å². The Balaban J connectivity index is 1.68. The summed E-state index contributed by atoms with van der Waals surface area (Å²) in [6.07, 6.45) is 2.37. The fourth-order valence-corrected chi connectivity index (χ4v) is 4.70. The second-order valence-electron chi connectivity index (χ2n) is 6.52. The molecule has 0 spiro atoms. The number of rotatable bonds is 5. The number of aromatic nitrogens is 1. The number of sulfonamides is 1. The summed E-state index contributed by atoms with van der Waals surface area (Å²) in [6.45, 7) is 1.66.